The number of nitrogens with zero attached hydrogens (tertiary/aromatic N) is 2. The maximum atomic E-state index is 12.3. The van der Waals surface area contributed by atoms with Crippen molar-refractivity contribution in [2.75, 3.05) is 20.3 Å². The van der Waals surface area contributed by atoms with E-state index in [2.05, 4.69) is 10.3 Å². The monoisotopic (exact) mass is 435 g/mol. The second kappa shape index (κ2) is 9.98. The molecular weight excluding hydrogens is 417 g/mol. The van der Waals surface area contributed by atoms with Crippen molar-refractivity contribution in [2.24, 2.45) is 0 Å². The highest BCUT2D eigenvalue weighted by molar-refractivity contribution is 7.12. The van der Waals surface area contributed by atoms with E-state index in [0.717, 1.165) is 26.7 Å². The lowest BCUT2D eigenvalue weighted by molar-refractivity contribution is -0.120. The molecule has 2 aromatic heterocycles. The molecule has 2 heterocycles. The van der Waals surface area contributed by atoms with Crippen LogP contribution in [-0.2, 0) is 22.4 Å². The summed E-state index contributed by atoms with van der Waals surface area (Å²) in [4.78, 5) is 22.0. The Labute approximate surface area is 177 Å². The van der Waals surface area contributed by atoms with E-state index >= 15 is 0 Å². The fourth-order valence-corrected chi connectivity index (χ4v) is 4.17. The number of amides is 1. The third-order valence-corrected chi connectivity index (χ3v) is 5.65. The summed E-state index contributed by atoms with van der Waals surface area (Å²) in [6.07, 6.45) is 4.23. The van der Waals surface area contributed by atoms with Gasteiger partial charge in [-0.3, -0.25) is 9.78 Å². The highest BCUT2D eigenvalue weighted by Crippen LogP contribution is 2.31. The predicted molar refractivity (Wildman–Crippen MR) is 113 cm³/mol. The van der Waals surface area contributed by atoms with Crippen molar-refractivity contribution in [1.29, 1.82) is 0 Å². The van der Waals surface area contributed by atoms with E-state index in [1.807, 2.05) is 18.2 Å². The number of carbonyl (C=O) groups excluding carboxylic acids is 1. The molecule has 0 aliphatic carbocycles. The molecule has 0 fully saturated rings. The van der Waals surface area contributed by atoms with Gasteiger partial charge in [-0.15, -0.1) is 11.3 Å². The Kier molecular flexibility index (Phi) is 7.39. The van der Waals surface area contributed by atoms with Gasteiger partial charge in [-0.25, -0.2) is 4.98 Å². The van der Waals surface area contributed by atoms with Gasteiger partial charge in [-0.2, -0.15) is 0 Å². The highest BCUT2D eigenvalue weighted by Gasteiger charge is 2.17. The van der Waals surface area contributed by atoms with Gasteiger partial charge >= 0.3 is 0 Å². The van der Waals surface area contributed by atoms with Crippen LogP contribution in [0.1, 0.15) is 15.4 Å². The summed E-state index contributed by atoms with van der Waals surface area (Å²) < 4.78 is 4.97. The smallest absolute Gasteiger partial charge is 0.225 e. The Morgan fingerprint density at radius 2 is 2.00 bits per heavy atom. The van der Waals surface area contributed by atoms with Crippen LogP contribution < -0.4 is 5.32 Å². The van der Waals surface area contributed by atoms with Gasteiger partial charge in [-0.05, 0) is 35.9 Å². The zero-order chi connectivity index (χ0) is 19.9. The lowest BCUT2D eigenvalue weighted by Gasteiger charge is -2.04. The second-order valence-electron chi connectivity index (χ2n) is 6.05. The van der Waals surface area contributed by atoms with E-state index in [9.17, 15) is 4.79 Å². The van der Waals surface area contributed by atoms with E-state index in [1.165, 1.54) is 11.3 Å². The Bertz CT molecular complexity index is 948. The van der Waals surface area contributed by atoms with Crippen molar-refractivity contribution < 1.29 is 9.53 Å². The molecule has 1 N–H and O–H groups in total. The Morgan fingerprint density at radius 1 is 1.21 bits per heavy atom. The lowest BCUT2D eigenvalue weighted by atomic mass is 10.1. The molecular formula is C20H19Cl2N3O2S. The predicted octanol–water partition coefficient (Wildman–Crippen LogP) is 4.41. The summed E-state index contributed by atoms with van der Waals surface area (Å²) in [6, 6.07) is 9.15. The van der Waals surface area contributed by atoms with Crippen LogP contribution in [-0.4, -0.2) is 36.1 Å². The fraction of sp³-hybridized carbons (Fsp3) is 0.250. The molecule has 0 aliphatic heterocycles. The normalized spacial score (nSPS) is 10.8. The number of nitrogens with one attached hydrogen (secondary N) is 1. The summed E-state index contributed by atoms with van der Waals surface area (Å²) in [7, 11) is 1.60. The number of pyridine rings is 1. The van der Waals surface area contributed by atoms with E-state index in [4.69, 9.17) is 32.9 Å². The number of benzene rings is 1. The summed E-state index contributed by atoms with van der Waals surface area (Å²) in [5.74, 6) is -0.0663. The summed E-state index contributed by atoms with van der Waals surface area (Å²) in [6.45, 7) is 0.952. The molecule has 8 heteroatoms. The number of thiazole rings is 1. The minimum atomic E-state index is -0.0663. The molecule has 5 nitrogen and oxygen atoms in total. The van der Waals surface area contributed by atoms with Crippen LogP contribution in [0.15, 0.2) is 42.7 Å². The Hall–Kier alpha value is -1.99. The van der Waals surface area contributed by atoms with Crippen LogP contribution in [0, 0.1) is 0 Å². The van der Waals surface area contributed by atoms with Crippen LogP contribution in [0.5, 0.6) is 0 Å². The quantitative estimate of drug-likeness (QED) is 0.532. The van der Waals surface area contributed by atoms with Crippen LogP contribution >= 0.6 is 34.5 Å². The Morgan fingerprint density at radius 3 is 2.75 bits per heavy atom. The zero-order valence-electron chi connectivity index (χ0n) is 15.2. The maximum absolute atomic E-state index is 12.3. The van der Waals surface area contributed by atoms with Crippen LogP contribution in [0.4, 0.5) is 0 Å². The molecule has 0 atom stereocenters. The van der Waals surface area contributed by atoms with Gasteiger partial charge in [0.15, 0.2) is 0 Å². The largest absolute Gasteiger partial charge is 0.383 e. The molecule has 0 bridgehead atoms. The Balaban J connectivity index is 1.87. The number of ether oxygens (including phenoxy) is 1. The first-order valence-electron chi connectivity index (χ1n) is 8.65. The number of hydrogen-bond donors (Lipinski definition) is 1. The van der Waals surface area contributed by atoms with E-state index in [-0.39, 0.29) is 12.3 Å². The van der Waals surface area contributed by atoms with Gasteiger partial charge in [0.25, 0.3) is 0 Å². The first-order chi connectivity index (χ1) is 13.6. The second-order valence-corrected chi connectivity index (χ2v) is 8.06. The summed E-state index contributed by atoms with van der Waals surface area (Å²) in [5, 5.41) is 4.99. The van der Waals surface area contributed by atoms with Crippen molar-refractivity contribution in [1.82, 2.24) is 15.3 Å². The first kappa shape index (κ1) is 20.7. The van der Waals surface area contributed by atoms with Gasteiger partial charge in [0.2, 0.25) is 5.91 Å². The van der Waals surface area contributed by atoms with Gasteiger partial charge < -0.3 is 10.1 Å². The lowest BCUT2D eigenvalue weighted by Crippen LogP contribution is -2.28. The molecule has 1 amide bonds. The van der Waals surface area contributed by atoms with Crippen molar-refractivity contribution >= 4 is 40.4 Å². The van der Waals surface area contributed by atoms with E-state index < -0.39 is 0 Å². The molecule has 0 spiro atoms. The number of rotatable bonds is 8. The van der Waals surface area contributed by atoms with Crippen molar-refractivity contribution in [3.8, 4) is 11.3 Å². The number of halogens is 2. The number of aromatic nitrogens is 2. The molecule has 146 valence electrons. The molecule has 0 saturated carbocycles. The number of methoxy groups -OCH3 is 1. The fourth-order valence-electron chi connectivity index (χ4n) is 2.67. The van der Waals surface area contributed by atoms with Crippen LogP contribution in [0.3, 0.4) is 0 Å². The molecule has 3 rings (SSSR count). The number of carbonyl (C=O) groups is 1. The van der Waals surface area contributed by atoms with Crippen LogP contribution in [0.2, 0.25) is 10.0 Å². The van der Waals surface area contributed by atoms with E-state index in [0.29, 0.717) is 29.6 Å². The van der Waals surface area contributed by atoms with E-state index in [1.54, 1.807) is 31.6 Å². The first-order valence-corrected chi connectivity index (χ1v) is 10.2. The zero-order valence-corrected chi connectivity index (χ0v) is 17.6. The summed E-state index contributed by atoms with van der Waals surface area (Å²) in [5.41, 5.74) is 2.62. The summed E-state index contributed by atoms with van der Waals surface area (Å²) >= 11 is 13.9. The van der Waals surface area contributed by atoms with Gasteiger partial charge in [-0.1, -0.05) is 23.2 Å². The molecule has 1 aromatic carbocycles. The molecule has 0 aliphatic rings. The standard InChI is InChI=1S/C20H19Cl2N3O2S/c1-27-9-8-24-18(26)12-17-20(13-4-6-23-7-5-13)25-19(28-17)11-14-10-15(21)2-3-16(14)22/h2-7,10H,8-9,11-12H2,1H3,(H,24,26). The van der Waals surface area contributed by atoms with Gasteiger partial charge in [0.05, 0.1) is 23.7 Å². The maximum Gasteiger partial charge on any atom is 0.225 e. The van der Waals surface area contributed by atoms with Gasteiger partial charge in [0.1, 0.15) is 0 Å². The SMILES string of the molecule is COCCNC(=O)Cc1sc(Cc2cc(Cl)ccc2Cl)nc1-c1ccncc1. The number of hydrogen-bond acceptors (Lipinski definition) is 5. The molecule has 0 saturated heterocycles. The minimum Gasteiger partial charge on any atom is -0.383 e. The van der Waals surface area contributed by atoms with Crippen molar-refractivity contribution in [3.05, 3.63) is 68.2 Å². The van der Waals surface area contributed by atoms with Crippen molar-refractivity contribution in [2.45, 2.75) is 12.8 Å². The van der Waals surface area contributed by atoms with Gasteiger partial charge in [0, 0.05) is 53.0 Å². The molecule has 28 heavy (non-hydrogen) atoms. The average molecular weight is 436 g/mol. The third kappa shape index (κ3) is 5.52. The molecule has 0 unspecified atom stereocenters. The molecule has 0 radical (unpaired) electrons. The average Bonchev–Trinajstić information content (AvgIpc) is 3.08. The highest BCUT2D eigenvalue weighted by atomic mass is 35.5. The van der Waals surface area contributed by atoms with Crippen LogP contribution in [0.25, 0.3) is 11.3 Å². The molecule has 3 aromatic rings. The van der Waals surface area contributed by atoms with Crippen molar-refractivity contribution in [3.63, 3.8) is 0 Å². The third-order valence-electron chi connectivity index (χ3n) is 3.99. The minimum absolute atomic E-state index is 0.0663. The topological polar surface area (TPSA) is 64.1 Å².